The van der Waals surface area contributed by atoms with Gasteiger partial charge in [-0.25, -0.2) is 0 Å². The fourth-order valence-corrected chi connectivity index (χ4v) is 3.85. The van der Waals surface area contributed by atoms with Gasteiger partial charge in [-0.2, -0.15) is 18.2 Å². The predicted molar refractivity (Wildman–Crippen MR) is 113 cm³/mol. The van der Waals surface area contributed by atoms with Crippen molar-refractivity contribution in [3.8, 4) is 11.4 Å². The van der Waals surface area contributed by atoms with E-state index in [1.165, 1.54) is 18.2 Å². The first-order valence-corrected chi connectivity index (χ1v) is 10.4. The van der Waals surface area contributed by atoms with Gasteiger partial charge in [0.2, 0.25) is 11.7 Å². The molecule has 0 atom stereocenters. The van der Waals surface area contributed by atoms with Crippen LogP contribution < -0.4 is 0 Å². The monoisotopic (exact) mass is 461 g/mol. The van der Waals surface area contributed by atoms with Gasteiger partial charge >= 0.3 is 6.18 Å². The molecule has 1 fully saturated rings. The fraction of sp³-hybridized carbons (Fsp3) is 0.364. The molecule has 0 unspecified atom stereocenters. The van der Waals surface area contributed by atoms with Gasteiger partial charge in [0.25, 0.3) is 5.69 Å². The third kappa shape index (κ3) is 5.37. The van der Waals surface area contributed by atoms with Crippen molar-refractivity contribution in [2.24, 2.45) is 0 Å². The van der Waals surface area contributed by atoms with E-state index in [9.17, 15) is 23.3 Å². The molecule has 0 N–H and O–H groups in total. The smallest absolute Gasteiger partial charge is 0.338 e. The van der Waals surface area contributed by atoms with Crippen LogP contribution in [0.4, 0.5) is 18.9 Å². The van der Waals surface area contributed by atoms with Crippen LogP contribution in [0, 0.1) is 17.0 Å². The van der Waals surface area contributed by atoms with Gasteiger partial charge in [-0.3, -0.25) is 19.9 Å². The van der Waals surface area contributed by atoms with Gasteiger partial charge in [0.05, 0.1) is 17.0 Å². The number of nitro benzene ring substituents is 1. The lowest BCUT2D eigenvalue weighted by molar-refractivity contribution is -0.385. The molecule has 1 saturated heterocycles. The van der Waals surface area contributed by atoms with E-state index < -0.39 is 11.7 Å². The van der Waals surface area contributed by atoms with Crippen LogP contribution in [0.2, 0.25) is 0 Å². The summed E-state index contributed by atoms with van der Waals surface area (Å²) in [6.07, 6.45) is -4.44. The number of hydrogen-bond acceptors (Lipinski definition) is 7. The van der Waals surface area contributed by atoms with Crippen LogP contribution in [0.25, 0.3) is 11.4 Å². The minimum atomic E-state index is -4.44. The Bertz CT molecular complexity index is 1140. The molecule has 0 bridgehead atoms. The molecular weight excluding hydrogens is 439 g/mol. The Morgan fingerprint density at radius 1 is 1.06 bits per heavy atom. The van der Waals surface area contributed by atoms with E-state index >= 15 is 0 Å². The summed E-state index contributed by atoms with van der Waals surface area (Å²) in [4.78, 5) is 19.4. The molecule has 1 aliphatic rings. The van der Waals surface area contributed by atoms with Crippen LogP contribution in [0.3, 0.4) is 0 Å². The number of aromatic nitrogens is 2. The van der Waals surface area contributed by atoms with Crippen LogP contribution in [-0.2, 0) is 19.3 Å². The van der Waals surface area contributed by atoms with Gasteiger partial charge in [0.1, 0.15) is 0 Å². The number of nitrogens with zero attached hydrogens (tertiary/aromatic N) is 5. The first-order valence-electron chi connectivity index (χ1n) is 10.4. The summed E-state index contributed by atoms with van der Waals surface area (Å²) in [5.74, 6) is 0.460. The Balaban J connectivity index is 1.34. The van der Waals surface area contributed by atoms with Gasteiger partial charge in [-0.15, -0.1) is 0 Å². The number of hydrogen-bond donors (Lipinski definition) is 0. The van der Waals surface area contributed by atoms with Crippen molar-refractivity contribution in [1.82, 2.24) is 19.9 Å². The SMILES string of the molecule is Cc1c(CN2CCN(Cc3nc(-c4cccc(C(F)(F)F)c4)no3)CC2)cccc1[N+](=O)[O-]. The molecule has 8 nitrogen and oxygen atoms in total. The third-order valence-electron chi connectivity index (χ3n) is 5.75. The summed E-state index contributed by atoms with van der Waals surface area (Å²) >= 11 is 0. The zero-order chi connectivity index (χ0) is 23.6. The van der Waals surface area contributed by atoms with Crippen molar-refractivity contribution < 1.29 is 22.6 Å². The summed E-state index contributed by atoms with van der Waals surface area (Å²) in [6.45, 7) is 5.77. The van der Waals surface area contributed by atoms with Crippen LogP contribution in [-0.4, -0.2) is 51.0 Å². The molecule has 2 heterocycles. The standard InChI is InChI=1S/C22H22F3N5O3/c1-15-17(5-3-7-19(15)30(31)32)13-28-8-10-29(11-9-28)14-20-26-21(27-33-20)16-4-2-6-18(12-16)22(23,24)25/h2-7,12H,8-11,13-14H2,1H3. The van der Waals surface area contributed by atoms with Crippen LogP contribution in [0.5, 0.6) is 0 Å². The molecule has 3 aromatic rings. The summed E-state index contributed by atoms with van der Waals surface area (Å²) in [6, 6.07) is 9.95. The number of rotatable bonds is 6. The van der Waals surface area contributed by atoms with E-state index in [1.807, 2.05) is 6.07 Å². The van der Waals surface area contributed by atoms with E-state index in [4.69, 9.17) is 4.52 Å². The van der Waals surface area contributed by atoms with E-state index in [-0.39, 0.29) is 22.0 Å². The number of alkyl halides is 3. The minimum Gasteiger partial charge on any atom is -0.338 e. The maximum atomic E-state index is 12.9. The van der Waals surface area contributed by atoms with Crippen molar-refractivity contribution in [2.75, 3.05) is 26.2 Å². The first kappa shape index (κ1) is 22.9. The highest BCUT2D eigenvalue weighted by Crippen LogP contribution is 2.31. The Labute approximate surface area is 187 Å². The molecule has 1 aliphatic heterocycles. The Morgan fingerprint density at radius 3 is 2.39 bits per heavy atom. The maximum Gasteiger partial charge on any atom is 0.416 e. The van der Waals surface area contributed by atoms with Crippen molar-refractivity contribution in [2.45, 2.75) is 26.2 Å². The summed E-state index contributed by atoms with van der Waals surface area (Å²) in [5.41, 5.74) is 1.22. The molecule has 11 heteroatoms. The van der Waals surface area contributed by atoms with Gasteiger partial charge < -0.3 is 4.52 Å². The number of halogens is 3. The number of piperazine rings is 1. The Hall–Kier alpha value is -3.31. The number of nitro groups is 1. The van der Waals surface area contributed by atoms with Gasteiger partial charge in [0, 0.05) is 49.9 Å². The van der Waals surface area contributed by atoms with E-state index in [2.05, 4.69) is 19.9 Å². The van der Waals surface area contributed by atoms with Gasteiger partial charge in [-0.05, 0) is 24.6 Å². The Morgan fingerprint density at radius 2 is 1.73 bits per heavy atom. The van der Waals surface area contributed by atoms with Gasteiger partial charge in [0.15, 0.2) is 0 Å². The molecule has 0 aliphatic carbocycles. The summed E-state index contributed by atoms with van der Waals surface area (Å²) < 4.78 is 44.1. The molecule has 2 aromatic carbocycles. The number of benzene rings is 2. The predicted octanol–water partition coefficient (Wildman–Crippen LogP) is 4.29. The molecule has 4 rings (SSSR count). The quantitative estimate of drug-likeness (QED) is 0.400. The fourth-order valence-electron chi connectivity index (χ4n) is 3.85. The molecule has 33 heavy (non-hydrogen) atoms. The van der Waals surface area contributed by atoms with Crippen molar-refractivity contribution in [1.29, 1.82) is 0 Å². The average molecular weight is 461 g/mol. The van der Waals surface area contributed by atoms with E-state index in [0.29, 0.717) is 24.5 Å². The molecule has 0 amide bonds. The lowest BCUT2D eigenvalue weighted by Gasteiger charge is -2.34. The normalized spacial score (nSPS) is 15.6. The van der Waals surface area contributed by atoms with Crippen molar-refractivity contribution in [3.63, 3.8) is 0 Å². The lowest BCUT2D eigenvalue weighted by atomic mass is 10.1. The highest BCUT2D eigenvalue weighted by molar-refractivity contribution is 5.55. The molecule has 0 saturated carbocycles. The van der Waals surface area contributed by atoms with Crippen LogP contribution in [0.1, 0.15) is 22.6 Å². The summed E-state index contributed by atoms with van der Waals surface area (Å²) in [7, 11) is 0. The molecular formula is C22H22F3N5O3. The first-order chi connectivity index (χ1) is 15.7. The van der Waals surface area contributed by atoms with Gasteiger partial charge in [-0.1, -0.05) is 29.4 Å². The van der Waals surface area contributed by atoms with E-state index in [0.717, 1.165) is 43.9 Å². The zero-order valence-electron chi connectivity index (χ0n) is 17.9. The molecule has 0 radical (unpaired) electrons. The highest BCUT2D eigenvalue weighted by Gasteiger charge is 2.31. The van der Waals surface area contributed by atoms with E-state index in [1.54, 1.807) is 13.0 Å². The minimum absolute atomic E-state index is 0.121. The highest BCUT2D eigenvalue weighted by atomic mass is 19.4. The largest absolute Gasteiger partial charge is 0.416 e. The second kappa shape index (κ2) is 9.28. The summed E-state index contributed by atoms with van der Waals surface area (Å²) in [5, 5.41) is 15.0. The second-order valence-corrected chi connectivity index (χ2v) is 7.96. The Kier molecular flexibility index (Phi) is 6.43. The van der Waals surface area contributed by atoms with Crippen molar-refractivity contribution >= 4 is 5.69 Å². The zero-order valence-corrected chi connectivity index (χ0v) is 17.9. The second-order valence-electron chi connectivity index (χ2n) is 7.96. The lowest BCUT2D eigenvalue weighted by Crippen LogP contribution is -2.45. The molecule has 0 spiro atoms. The average Bonchev–Trinajstić information content (AvgIpc) is 3.24. The maximum absolute atomic E-state index is 12.9. The van der Waals surface area contributed by atoms with Crippen molar-refractivity contribution in [3.05, 3.63) is 75.2 Å². The third-order valence-corrected chi connectivity index (χ3v) is 5.75. The topological polar surface area (TPSA) is 88.5 Å². The van der Waals surface area contributed by atoms with Crippen LogP contribution in [0.15, 0.2) is 47.0 Å². The molecule has 1 aromatic heterocycles. The van der Waals surface area contributed by atoms with Crippen LogP contribution >= 0.6 is 0 Å². The molecule has 174 valence electrons.